The van der Waals surface area contributed by atoms with Crippen LogP contribution in [0.1, 0.15) is 20.8 Å². The Labute approximate surface area is 149 Å². The molecule has 0 aliphatic carbocycles. The van der Waals surface area contributed by atoms with E-state index in [9.17, 15) is 4.79 Å². The lowest BCUT2D eigenvalue weighted by atomic mass is 9.73. The summed E-state index contributed by atoms with van der Waals surface area (Å²) >= 11 is 7.57. The quantitative estimate of drug-likeness (QED) is 0.774. The van der Waals surface area contributed by atoms with Gasteiger partial charge in [-0.1, -0.05) is 11.6 Å². The van der Waals surface area contributed by atoms with Crippen molar-refractivity contribution in [3.05, 3.63) is 17.3 Å². The van der Waals surface area contributed by atoms with E-state index >= 15 is 0 Å². The third-order valence-electron chi connectivity index (χ3n) is 4.30. The van der Waals surface area contributed by atoms with Crippen LogP contribution >= 0.6 is 22.9 Å². The van der Waals surface area contributed by atoms with Gasteiger partial charge in [-0.25, -0.2) is 4.79 Å². The number of carbonyl (C=O) groups is 1. The van der Waals surface area contributed by atoms with Gasteiger partial charge in [0, 0.05) is 37.7 Å². The lowest BCUT2D eigenvalue weighted by Crippen LogP contribution is -2.73. The molecule has 0 radical (unpaired) electrons. The zero-order valence-corrected chi connectivity index (χ0v) is 15.4. The molecule has 0 aromatic carbocycles. The summed E-state index contributed by atoms with van der Waals surface area (Å²) in [6.07, 6.45) is -0.210. The van der Waals surface area contributed by atoms with E-state index in [-0.39, 0.29) is 11.5 Å². The standard InChI is InChI=1S/C16H19ClN4O2S/c1-15(2,3)23-14(22)21-8-16(9-21)6-20(7-16)13-4-10-11(24-13)5-12(17)19-18-10/h4-5H,6-9H2,1-3H3. The smallest absolute Gasteiger partial charge is 0.410 e. The fourth-order valence-corrected chi connectivity index (χ4v) is 4.54. The predicted molar refractivity (Wildman–Crippen MR) is 94.9 cm³/mol. The molecule has 0 saturated carbocycles. The van der Waals surface area contributed by atoms with Gasteiger partial charge < -0.3 is 14.5 Å². The number of nitrogens with zero attached hydrogens (tertiary/aromatic N) is 4. The number of anilines is 1. The highest BCUT2D eigenvalue weighted by atomic mass is 35.5. The third kappa shape index (κ3) is 2.80. The van der Waals surface area contributed by atoms with Crippen LogP contribution < -0.4 is 4.90 Å². The second-order valence-electron chi connectivity index (χ2n) is 7.69. The normalized spacial score (nSPS) is 19.3. The highest BCUT2D eigenvalue weighted by Gasteiger charge is 2.54. The minimum Gasteiger partial charge on any atom is -0.444 e. The first-order valence-electron chi connectivity index (χ1n) is 7.89. The molecule has 0 unspecified atom stereocenters. The molecule has 2 saturated heterocycles. The third-order valence-corrected chi connectivity index (χ3v) is 5.62. The average Bonchev–Trinajstić information content (AvgIpc) is 2.75. The first kappa shape index (κ1) is 15.9. The van der Waals surface area contributed by atoms with Crippen molar-refractivity contribution in [2.75, 3.05) is 31.1 Å². The molecular weight excluding hydrogens is 348 g/mol. The number of hydrogen-bond donors (Lipinski definition) is 0. The van der Waals surface area contributed by atoms with E-state index in [1.807, 2.05) is 26.8 Å². The Kier molecular flexibility index (Phi) is 3.44. The van der Waals surface area contributed by atoms with Crippen molar-refractivity contribution in [1.82, 2.24) is 15.1 Å². The minimum atomic E-state index is -0.440. The number of hydrogen-bond acceptors (Lipinski definition) is 6. The van der Waals surface area contributed by atoms with Crippen molar-refractivity contribution in [2.24, 2.45) is 5.41 Å². The van der Waals surface area contributed by atoms with Gasteiger partial charge in [0.25, 0.3) is 0 Å². The van der Waals surface area contributed by atoms with Gasteiger partial charge in [0.2, 0.25) is 0 Å². The predicted octanol–water partition coefficient (Wildman–Crippen LogP) is 3.40. The number of ether oxygens (including phenoxy) is 1. The van der Waals surface area contributed by atoms with Gasteiger partial charge in [0.15, 0.2) is 5.15 Å². The molecule has 2 aromatic rings. The Hall–Kier alpha value is -1.60. The first-order valence-corrected chi connectivity index (χ1v) is 9.08. The number of likely N-dealkylation sites (tertiary alicyclic amines) is 1. The van der Waals surface area contributed by atoms with Gasteiger partial charge in [-0.2, -0.15) is 0 Å². The molecule has 24 heavy (non-hydrogen) atoms. The van der Waals surface area contributed by atoms with Crippen LogP contribution in [-0.2, 0) is 4.74 Å². The highest BCUT2D eigenvalue weighted by Crippen LogP contribution is 2.45. The van der Waals surface area contributed by atoms with Gasteiger partial charge in [-0.3, -0.25) is 0 Å². The Morgan fingerprint density at radius 2 is 1.96 bits per heavy atom. The molecular formula is C16H19ClN4O2S. The van der Waals surface area contributed by atoms with Gasteiger partial charge in [-0.05, 0) is 26.8 Å². The molecule has 1 amide bonds. The van der Waals surface area contributed by atoms with Crippen LogP contribution in [0.15, 0.2) is 12.1 Å². The van der Waals surface area contributed by atoms with E-state index in [0.717, 1.165) is 36.4 Å². The van der Waals surface area contributed by atoms with Crippen LogP contribution in [0.25, 0.3) is 10.2 Å². The summed E-state index contributed by atoms with van der Waals surface area (Å²) in [7, 11) is 0. The highest BCUT2D eigenvalue weighted by molar-refractivity contribution is 7.22. The minimum absolute atomic E-state index is 0.210. The van der Waals surface area contributed by atoms with Crippen molar-refractivity contribution in [3.63, 3.8) is 0 Å². The van der Waals surface area contributed by atoms with Gasteiger partial charge in [-0.15, -0.1) is 21.5 Å². The van der Waals surface area contributed by atoms with E-state index < -0.39 is 5.60 Å². The van der Waals surface area contributed by atoms with Crippen LogP contribution in [0.2, 0.25) is 5.15 Å². The SMILES string of the molecule is CC(C)(C)OC(=O)N1CC2(C1)CN(c1cc3nnc(Cl)cc3s1)C2. The second-order valence-corrected chi connectivity index (χ2v) is 9.14. The number of rotatable bonds is 1. The molecule has 2 aromatic heterocycles. The number of carbonyl (C=O) groups excluding carboxylic acids is 1. The fourth-order valence-electron chi connectivity index (χ4n) is 3.30. The summed E-state index contributed by atoms with van der Waals surface area (Å²) < 4.78 is 6.46. The summed E-state index contributed by atoms with van der Waals surface area (Å²) in [6, 6.07) is 3.90. The monoisotopic (exact) mass is 366 g/mol. The zero-order chi connectivity index (χ0) is 17.1. The Balaban J connectivity index is 1.36. The van der Waals surface area contributed by atoms with E-state index in [2.05, 4.69) is 21.2 Å². The van der Waals surface area contributed by atoms with Crippen molar-refractivity contribution in [1.29, 1.82) is 0 Å². The van der Waals surface area contributed by atoms with Crippen LogP contribution in [0, 0.1) is 5.41 Å². The Bertz CT molecular complexity index is 802. The maximum atomic E-state index is 12.0. The van der Waals surface area contributed by atoms with E-state index in [4.69, 9.17) is 16.3 Å². The van der Waals surface area contributed by atoms with Gasteiger partial charge >= 0.3 is 6.09 Å². The first-order chi connectivity index (χ1) is 11.2. The molecule has 4 rings (SSSR count). The van der Waals surface area contributed by atoms with Crippen LogP contribution in [0.3, 0.4) is 0 Å². The summed E-state index contributed by atoms with van der Waals surface area (Å²) in [5.41, 5.74) is 0.658. The second kappa shape index (κ2) is 5.20. The molecule has 128 valence electrons. The topological polar surface area (TPSA) is 58.6 Å². The lowest BCUT2D eigenvalue weighted by molar-refractivity contribution is -0.0451. The molecule has 2 fully saturated rings. The average molecular weight is 367 g/mol. The number of amides is 1. The largest absolute Gasteiger partial charge is 0.444 e. The molecule has 8 heteroatoms. The fraction of sp³-hybridized carbons (Fsp3) is 0.562. The van der Waals surface area contributed by atoms with E-state index in [1.165, 1.54) is 5.00 Å². The molecule has 2 aliphatic heterocycles. The summed E-state index contributed by atoms with van der Waals surface area (Å²) in [4.78, 5) is 16.2. The van der Waals surface area contributed by atoms with Crippen LogP contribution in [0.4, 0.5) is 9.80 Å². The van der Waals surface area contributed by atoms with Crippen LogP contribution in [-0.4, -0.2) is 53.0 Å². The van der Waals surface area contributed by atoms with Crippen molar-refractivity contribution in [2.45, 2.75) is 26.4 Å². The number of aromatic nitrogens is 2. The van der Waals surface area contributed by atoms with Crippen molar-refractivity contribution < 1.29 is 9.53 Å². The molecule has 4 heterocycles. The lowest BCUT2D eigenvalue weighted by Gasteiger charge is -2.60. The molecule has 0 bridgehead atoms. The van der Waals surface area contributed by atoms with E-state index in [1.54, 1.807) is 16.2 Å². The van der Waals surface area contributed by atoms with Gasteiger partial charge in [0.05, 0.1) is 9.70 Å². The summed E-state index contributed by atoms with van der Waals surface area (Å²) in [6.45, 7) is 9.14. The van der Waals surface area contributed by atoms with E-state index in [0.29, 0.717) is 5.15 Å². The molecule has 6 nitrogen and oxygen atoms in total. The Morgan fingerprint density at radius 3 is 2.62 bits per heavy atom. The number of halogens is 1. The summed E-state index contributed by atoms with van der Waals surface area (Å²) in [5.74, 6) is 0. The number of fused-ring (bicyclic) bond motifs is 1. The Morgan fingerprint density at radius 1 is 1.25 bits per heavy atom. The molecule has 1 spiro atoms. The molecule has 0 atom stereocenters. The molecule has 0 N–H and O–H groups in total. The maximum absolute atomic E-state index is 12.0. The van der Waals surface area contributed by atoms with Crippen LogP contribution in [0.5, 0.6) is 0 Å². The maximum Gasteiger partial charge on any atom is 0.410 e. The van der Waals surface area contributed by atoms with Crippen molar-refractivity contribution >= 4 is 44.2 Å². The van der Waals surface area contributed by atoms with Crippen molar-refractivity contribution in [3.8, 4) is 0 Å². The number of thiophene rings is 1. The molecule has 2 aliphatic rings. The zero-order valence-electron chi connectivity index (χ0n) is 13.9. The summed E-state index contributed by atoms with van der Waals surface area (Å²) in [5, 5.41) is 9.60. The van der Waals surface area contributed by atoms with Gasteiger partial charge in [0.1, 0.15) is 11.1 Å².